The largest absolute Gasteiger partial charge is 0.507 e. The molecule has 1 unspecified atom stereocenters. The fourth-order valence-corrected chi connectivity index (χ4v) is 5.46. The zero-order valence-corrected chi connectivity index (χ0v) is 19.5. The van der Waals surface area contributed by atoms with Gasteiger partial charge in [0, 0.05) is 36.1 Å². The van der Waals surface area contributed by atoms with E-state index in [2.05, 4.69) is 20.2 Å². The van der Waals surface area contributed by atoms with Crippen molar-refractivity contribution in [2.45, 2.75) is 16.1 Å². The van der Waals surface area contributed by atoms with Crippen molar-refractivity contribution < 1.29 is 19.1 Å². The van der Waals surface area contributed by atoms with Crippen molar-refractivity contribution >= 4 is 45.7 Å². The Balaban J connectivity index is 1.51. The zero-order chi connectivity index (χ0) is 24.4. The first-order valence-corrected chi connectivity index (χ1v) is 12.1. The molecule has 1 atom stereocenters. The van der Waals surface area contributed by atoms with E-state index in [1.807, 2.05) is 0 Å². The van der Waals surface area contributed by atoms with E-state index in [0.29, 0.717) is 21.2 Å². The summed E-state index contributed by atoms with van der Waals surface area (Å²) in [4.78, 5) is 35.6. The van der Waals surface area contributed by atoms with Crippen LogP contribution in [0.5, 0.6) is 0 Å². The maximum atomic E-state index is 13.2. The highest BCUT2D eigenvalue weighted by Crippen LogP contribution is 2.43. The molecule has 35 heavy (non-hydrogen) atoms. The van der Waals surface area contributed by atoms with Gasteiger partial charge >= 0.3 is 5.91 Å². The molecule has 1 aliphatic rings. The first kappa shape index (κ1) is 22.8. The minimum Gasteiger partial charge on any atom is -0.507 e. The van der Waals surface area contributed by atoms with Crippen molar-refractivity contribution in [3.05, 3.63) is 101 Å². The van der Waals surface area contributed by atoms with Gasteiger partial charge in [0.2, 0.25) is 5.13 Å². The number of carbonyl (C=O) groups is 2. The third-order valence-electron chi connectivity index (χ3n) is 5.28. The lowest BCUT2D eigenvalue weighted by molar-refractivity contribution is -0.132. The molecule has 1 fully saturated rings. The number of halogens is 1. The summed E-state index contributed by atoms with van der Waals surface area (Å²) in [6, 6.07) is 11.7. The first-order chi connectivity index (χ1) is 17.0. The van der Waals surface area contributed by atoms with Crippen LogP contribution in [0.15, 0.2) is 83.2 Å². The van der Waals surface area contributed by atoms with Crippen molar-refractivity contribution in [3.63, 3.8) is 0 Å². The Bertz CT molecular complexity index is 1410. The molecule has 0 saturated carbocycles. The lowest BCUT2D eigenvalue weighted by atomic mass is 9.97. The predicted octanol–water partition coefficient (Wildman–Crippen LogP) is 4.39. The number of aliphatic hydroxyl groups is 1. The van der Waals surface area contributed by atoms with E-state index in [9.17, 15) is 19.1 Å². The van der Waals surface area contributed by atoms with Gasteiger partial charge in [-0.2, -0.15) is 0 Å². The van der Waals surface area contributed by atoms with Crippen molar-refractivity contribution in [1.82, 2.24) is 20.2 Å². The molecule has 11 heteroatoms. The molecular weight excluding hydrogens is 489 g/mol. The first-order valence-electron chi connectivity index (χ1n) is 10.3. The van der Waals surface area contributed by atoms with Crippen LogP contribution in [0, 0.1) is 5.82 Å². The molecule has 4 aromatic rings. The predicted molar refractivity (Wildman–Crippen MR) is 129 cm³/mol. The van der Waals surface area contributed by atoms with Crippen LogP contribution in [0.4, 0.5) is 9.52 Å². The van der Waals surface area contributed by atoms with E-state index in [4.69, 9.17) is 0 Å². The van der Waals surface area contributed by atoms with Crippen LogP contribution in [0.3, 0.4) is 0 Å². The Morgan fingerprint density at radius 3 is 2.51 bits per heavy atom. The van der Waals surface area contributed by atoms with Gasteiger partial charge in [0.25, 0.3) is 5.78 Å². The molecule has 174 valence electrons. The highest BCUT2D eigenvalue weighted by molar-refractivity contribution is 8.00. The lowest BCUT2D eigenvalue weighted by Crippen LogP contribution is -2.29. The fraction of sp³-hybridized carbons (Fsp3) is 0.0833. The minimum atomic E-state index is -0.931. The van der Waals surface area contributed by atoms with E-state index in [1.54, 1.807) is 42.6 Å². The Hall–Kier alpha value is -3.96. The monoisotopic (exact) mass is 505 g/mol. The number of aliphatic hydroxyl groups excluding tert-OH is 1. The molecule has 1 N–H and O–H groups in total. The highest BCUT2D eigenvalue weighted by Gasteiger charge is 2.48. The molecule has 1 aliphatic heterocycles. The van der Waals surface area contributed by atoms with Crippen LogP contribution >= 0.6 is 23.1 Å². The molecule has 3 aromatic heterocycles. The Morgan fingerprint density at radius 1 is 1.03 bits per heavy atom. The Morgan fingerprint density at radius 2 is 1.80 bits per heavy atom. The molecule has 1 aromatic carbocycles. The number of amides is 1. The molecule has 0 bridgehead atoms. The third-order valence-corrected chi connectivity index (χ3v) is 7.40. The minimum absolute atomic E-state index is 0.0649. The molecule has 8 nitrogen and oxygen atoms in total. The average molecular weight is 506 g/mol. The second-order valence-corrected chi connectivity index (χ2v) is 9.64. The number of Topliss-reactive ketones (excluding diaryl/α,β-unsaturated/α-hetero) is 1. The summed E-state index contributed by atoms with van der Waals surface area (Å²) in [5.41, 5.74) is 1.74. The molecule has 5 rings (SSSR count). The number of pyridine rings is 2. The summed E-state index contributed by atoms with van der Waals surface area (Å²) < 4.78 is 13.7. The normalized spacial score (nSPS) is 17.2. The summed E-state index contributed by atoms with van der Waals surface area (Å²) in [5, 5.41) is 19.5. The van der Waals surface area contributed by atoms with Crippen LogP contribution < -0.4 is 4.90 Å². The average Bonchev–Trinajstić information content (AvgIpc) is 3.46. The number of thioether (sulfide) groups is 1. The van der Waals surface area contributed by atoms with Crippen molar-refractivity contribution in [3.8, 4) is 0 Å². The standard InChI is InChI=1S/C24H16FN5O3S2/c25-17-5-3-14(4-6-17)13-34-24-29-28-23(35-24)30-19(16-2-1-9-27-12-16)18(21(32)22(30)33)20(31)15-7-10-26-11-8-15/h1-12,19,31H,13H2. The second-order valence-electron chi connectivity index (χ2n) is 7.46. The summed E-state index contributed by atoms with van der Waals surface area (Å²) in [5.74, 6) is -1.74. The molecule has 0 aliphatic carbocycles. The lowest BCUT2D eigenvalue weighted by Gasteiger charge is -2.22. The molecule has 0 radical (unpaired) electrons. The van der Waals surface area contributed by atoms with Gasteiger partial charge in [-0.05, 0) is 41.5 Å². The fourth-order valence-electron chi connectivity index (χ4n) is 3.63. The van der Waals surface area contributed by atoms with Crippen molar-refractivity contribution in [1.29, 1.82) is 0 Å². The number of ketones is 1. The number of aromatic nitrogens is 4. The number of hydrogen-bond donors (Lipinski definition) is 1. The zero-order valence-electron chi connectivity index (χ0n) is 17.9. The van der Waals surface area contributed by atoms with Gasteiger partial charge < -0.3 is 5.11 Å². The van der Waals surface area contributed by atoms with Crippen LogP contribution in [0.25, 0.3) is 5.76 Å². The van der Waals surface area contributed by atoms with Crippen LogP contribution in [0.1, 0.15) is 22.7 Å². The Kier molecular flexibility index (Phi) is 6.34. The molecular formula is C24H16FN5O3S2. The molecule has 4 heterocycles. The molecule has 1 saturated heterocycles. The summed E-state index contributed by atoms with van der Waals surface area (Å²) in [6.45, 7) is 0. The Labute approximate surface area is 207 Å². The van der Waals surface area contributed by atoms with Gasteiger partial charge in [-0.1, -0.05) is 41.3 Å². The van der Waals surface area contributed by atoms with E-state index >= 15 is 0 Å². The smallest absolute Gasteiger partial charge is 0.301 e. The van der Waals surface area contributed by atoms with Gasteiger partial charge in [0.05, 0.1) is 11.6 Å². The van der Waals surface area contributed by atoms with Crippen LogP contribution in [-0.4, -0.2) is 37.0 Å². The van der Waals surface area contributed by atoms with Crippen LogP contribution in [0.2, 0.25) is 0 Å². The van der Waals surface area contributed by atoms with E-state index in [-0.39, 0.29) is 22.3 Å². The van der Waals surface area contributed by atoms with E-state index in [1.165, 1.54) is 47.4 Å². The number of nitrogens with zero attached hydrogens (tertiary/aromatic N) is 5. The quantitative estimate of drug-likeness (QED) is 0.135. The summed E-state index contributed by atoms with van der Waals surface area (Å²) in [6.07, 6.45) is 6.08. The third kappa shape index (κ3) is 4.55. The number of rotatable bonds is 6. The molecule has 0 spiro atoms. The van der Waals surface area contributed by atoms with Crippen molar-refractivity contribution in [2.24, 2.45) is 0 Å². The van der Waals surface area contributed by atoms with E-state index in [0.717, 1.165) is 16.9 Å². The van der Waals surface area contributed by atoms with Gasteiger partial charge in [-0.25, -0.2) is 4.39 Å². The summed E-state index contributed by atoms with van der Waals surface area (Å²) >= 11 is 2.53. The van der Waals surface area contributed by atoms with Crippen molar-refractivity contribution in [2.75, 3.05) is 4.90 Å². The second kappa shape index (κ2) is 9.72. The van der Waals surface area contributed by atoms with Gasteiger partial charge in [-0.15, -0.1) is 10.2 Å². The number of hydrogen-bond acceptors (Lipinski definition) is 9. The number of benzene rings is 1. The number of anilines is 1. The van der Waals surface area contributed by atoms with E-state index < -0.39 is 17.7 Å². The summed E-state index contributed by atoms with van der Waals surface area (Å²) in [7, 11) is 0. The topological polar surface area (TPSA) is 109 Å². The van der Waals surface area contributed by atoms with Gasteiger partial charge in [0.1, 0.15) is 11.6 Å². The maximum Gasteiger partial charge on any atom is 0.301 e. The van der Waals surface area contributed by atoms with Crippen LogP contribution in [-0.2, 0) is 15.3 Å². The van der Waals surface area contributed by atoms with Gasteiger partial charge in [0.15, 0.2) is 4.34 Å². The maximum absolute atomic E-state index is 13.2. The highest BCUT2D eigenvalue weighted by atomic mass is 32.2. The van der Waals surface area contributed by atoms with Gasteiger partial charge in [-0.3, -0.25) is 24.5 Å². The SMILES string of the molecule is O=C1C(=O)N(c2nnc(SCc3ccc(F)cc3)s2)C(c2cccnc2)C1=C(O)c1ccncc1. The molecule has 1 amide bonds. The number of carbonyl (C=O) groups excluding carboxylic acids is 2.